The number of carbonyl (C=O) groups excluding carboxylic acids is 1. The molecule has 3 aromatic rings. The minimum atomic E-state index is 0.161. The molecule has 1 unspecified atom stereocenters. The van der Waals surface area contributed by atoms with Crippen LogP contribution in [0.15, 0.2) is 51.8 Å². The van der Waals surface area contributed by atoms with Crippen LogP contribution in [0.4, 0.5) is 0 Å². The van der Waals surface area contributed by atoms with Gasteiger partial charge in [-0.25, -0.2) is 0 Å². The molecule has 0 N–H and O–H groups in total. The highest BCUT2D eigenvalue weighted by molar-refractivity contribution is 5.76. The molecule has 0 aliphatic heterocycles. The zero-order valence-electron chi connectivity index (χ0n) is 16.1. The summed E-state index contributed by atoms with van der Waals surface area (Å²) in [5.74, 6) is 1.13. The van der Waals surface area contributed by atoms with Gasteiger partial charge in [0, 0.05) is 25.4 Å². The smallest absolute Gasteiger partial charge is 0.227 e. The van der Waals surface area contributed by atoms with Gasteiger partial charge in [0.05, 0.1) is 11.8 Å². The van der Waals surface area contributed by atoms with E-state index in [1.54, 1.807) is 18.6 Å². The van der Waals surface area contributed by atoms with Crippen LogP contribution in [-0.2, 0) is 24.1 Å². The average Bonchev–Trinajstić information content (AvgIpc) is 3.41. The number of aryl methyl sites for hydroxylation is 2. The molecule has 1 atom stereocenters. The van der Waals surface area contributed by atoms with E-state index in [2.05, 4.69) is 46.2 Å². The number of carbonyl (C=O) groups is 1. The molecule has 0 spiro atoms. The lowest BCUT2D eigenvalue weighted by molar-refractivity contribution is -0.133. The molecule has 1 aliphatic rings. The zero-order chi connectivity index (χ0) is 19.3. The van der Waals surface area contributed by atoms with Crippen LogP contribution in [0.1, 0.15) is 43.2 Å². The summed E-state index contributed by atoms with van der Waals surface area (Å²) in [5.41, 5.74) is 3.56. The van der Waals surface area contributed by atoms with Crippen LogP contribution in [0.25, 0.3) is 11.4 Å². The third-order valence-electron chi connectivity index (χ3n) is 5.35. The van der Waals surface area contributed by atoms with Gasteiger partial charge in [0.25, 0.3) is 0 Å². The van der Waals surface area contributed by atoms with Crippen LogP contribution < -0.4 is 0 Å². The Bertz CT molecular complexity index is 917. The molecule has 0 bridgehead atoms. The topological polar surface area (TPSA) is 72.4 Å². The molecule has 4 rings (SSSR count). The van der Waals surface area contributed by atoms with E-state index in [0.717, 1.165) is 37.8 Å². The molecule has 6 heteroatoms. The summed E-state index contributed by atoms with van der Waals surface area (Å²) in [4.78, 5) is 19.4. The summed E-state index contributed by atoms with van der Waals surface area (Å²) in [6.07, 6.45) is 7.92. The Kier molecular flexibility index (Phi) is 5.55. The van der Waals surface area contributed by atoms with Gasteiger partial charge in [0.1, 0.15) is 6.26 Å². The second-order valence-electron chi connectivity index (χ2n) is 7.28. The fourth-order valence-corrected chi connectivity index (χ4v) is 3.92. The second kappa shape index (κ2) is 8.42. The predicted octanol–water partition coefficient (Wildman–Crippen LogP) is 4.06. The van der Waals surface area contributed by atoms with Gasteiger partial charge in [-0.2, -0.15) is 4.98 Å². The maximum Gasteiger partial charge on any atom is 0.227 e. The lowest BCUT2D eigenvalue weighted by Gasteiger charge is -2.35. The molecule has 2 aromatic heterocycles. The van der Waals surface area contributed by atoms with Crippen molar-refractivity contribution < 1.29 is 13.7 Å². The van der Waals surface area contributed by atoms with Crippen LogP contribution in [0, 0.1) is 0 Å². The predicted molar refractivity (Wildman–Crippen MR) is 105 cm³/mol. The number of hydrogen-bond acceptors (Lipinski definition) is 5. The van der Waals surface area contributed by atoms with Crippen molar-refractivity contribution in [2.45, 2.75) is 51.5 Å². The number of rotatable bonds is 7. The summed E-state index contributed by atoms with van der Waals surface area (Å²) in [6, 6.07) is 10.6. The third kappa shape index (κ3) is 4.01. The van der Waals surface area contributed by atoms with Gasteiger partial charge in [-0.1, -0.05) is 36.3 Å². The molecular weight excluding hydrogens is 354 g/mol. The number of nitrogens with zero attached hydrogens (tertiary/aromatic N) is 3. The van der Waals surface area contributed by atoms with Crippen molar-refractivity contribution in [3.63, 3.8) is 0 Å². The molecule has 1 aromatic carbocycles. The number of amides is 1. The van der Waals surface area contributed by atoms with Gasteiger partial charge in [-0.3, -0.25) is 4.79 Å². The third-order valence-corrected chi connectivity index (χ3v) is 5.35. The number of fused-ring (bicyclic) bond motifs is 1. The summed E-state index contributed by atoms with van der Waals surface area (Å²) in [5, 5.41) is 3.96. The molecule has 0 radical (unpaired) electrons. The van der Waals surface area contributed by atoms with Crippen molar-refractivity contribution in [3.8, 4) is 11.4 Å². The molecular formula is C22H25N3O3. The van der Waals surface area contributed by atoms with Crippen LogP contribution in [0.2, 0.25) is 0 Å². The number of benzene rings is 1. The maximum atomic E-state index is 13.0. The van der Waals surface area contributed by atoms with E-state index in [9.17, 15) is 4.79 Å². The van der Waals surface area contributed by atoms with Crippen LogP contribution in [-0.4, -0.2) is 33.5 Å². The van der Waals surface area contributed by atoms with Crippen molar-refractivity contribution >= 4 is 5.91 Å². The summed E-state index contributed by atoms with van der Waals surface area (Å²) in [6.45, 7) is 2.90. The van der Waals surface area contributed by atoms with E-state index in [1.165, 1.54) is 11.1 Å². The fourth-order valence-electron chi connectivity index (χ4n) is 3.92. The fraction of sp³-hybridized carbons (Fsp3) is 0.409. The Hall–Kier alpha value is -2.89. The number of aromatic nitrogens is 2. The molecule has 6 nitrogen and oxygen atoms in total. The van der Waals surface area contributed by atoms with Crippen molar-refractivity contribution in [1.29, 1.82) is 0 Å². The van der Waals surface area contributed by atoms with E-state index < -0.39 is 0 Å². The maximum absolute atomic E-state index is 13.0. The summed E-state index contributed by atoms with van der Waals surface area (Å²) in [7, 11) is 0. The van der Waals surface area contributed by atoms with Crippen LogP contribution in [0.3, 0.4) is 0 Å². The summed E-state index contributed by atoms with van der Waals surface area (Å²) < 4.78 is 10.3. The van der Waals surface area contributed by atoms with Gasteiger partial charge >= 0.3 is 0 Å². The first-order valence-corrected chi connectivity index (χ1v) is 9.96. The minimum absolute atomic E-state index is 0.161. The monoisotopic (exact) mass is 379 g/mol. The Labute approximate surface area is 164 Å². The first-order chi connectivity index (χ1) is 13.7. The van der Waals surface area contributed by atoms with Crippen molar-refractivity contribution in [1.82, 2.24) is 15.0 Å². The lowest BCUT2D eigenvalue weighted by atomic mass is 9.87. The van der Waals surface area contributed by atoms with Gasteiger partial charge in [-0.15, -0.1) is 0 Å². The molecule has 0 saturated heterocycles. The van der Waals surface area contributed by atoms with Crippen LogP contribution >= 0.6 is 0 Å². The van der Waals surface area contributed by atoms with Gasteiger partial charge in [-0.05, 0) is 42.9 Å². The Morgan fingerprint density at radius 1 is 1.25 bits per heavy atom. The SMILES string of the molecule is CCCN(C(=O)CCc1nc(-c2ccoc2)no1)C1CCc2ccccc2C1. The standard InChI is InChI=1S/C22H25N3O3/c1-2-12-25(19-8-7-16-5-3-4-6-17(16)14-19)21(26)10-9-20-23-22(24-28-20)18-11-13-27-15-18/h3-6,11,13,15,19H,2,7-10,12,14H2,1H3. The van der Waals surface area contributed by atoms with E-state index in [-0.39, 0.29) is 11.9 Å². The average molecular weight is 379 g/mol. The lowest BCUT2D eigenvalue weighted by Crippen LogP contribution is -2.44. The van der Waals surface area contributed by atoms with Gasteiger partial charge in [0.2, 0.25) is 17.6 Å². The van der Waals surface area contributed by atoms with Gasteiger partial charge < -0.3 is 13.8 Å². The molecule has 2 heterocycles. The van der Waals surface area contributed by atoms with Crippen molar-refractivity contribution in [3.05, 3.63) is 59.9 Å². The Morgan fingerprint density at radius 2 is 2.11 bits per heavy atom. The molecule has 0 fully saturated rings. The highest BCUT2D eigenvalue weighted by Gasteiger charge is 2.27. The Balaban J connectivity index is 1.39. The van der Waals surface area contributed by atoms with E-state index in [4.69, 9.17) is 8.94 Å². The van der Waals surface area contributed by atoms with E-state index in [0.29, 0.717) is 24.6 Å². The van der Waals surface area contributed by atoms with E-state index >= 15 is 0 Å². The number of hydrogen-bond donors (Lipinski definition) is 0. The molecule has 1 aliphatic carbocycles. The second-order valence-corrected chi connectivity index (χ2v) is 7.28. The van der Waals surface area contributed by atoms with Gasteiger partial charge in [0.15, 0.2) is 0 Å². The van der Waals surface area contributed by atoms with Crippen molar-refractivity contribution in [2.75, 3.05) is 6.54 Å². The first-order valence-electron chi connectivity index (χ1n) is 9.96. The molecule has 28 heavy (non-hydrogen) atoms. The molecule has 1 amide bonds. The van der Waals surface area contributed by atoms with Crippen LogP contribution in [0.5, 0.6) is 0 Å². The quantitative estimate of drug-likeness (QED) is 0.619. The first kappa shape index (κ1) is 18.5. The molecule has 146 valence electrons. The van der Waals surface area contributed by atoms with E-state index in [1.807, 2.05) is 0 Å². The highest BCUT2D eigenvalue weighted by atomic mass is 16.5. The zero-order valence-corrected chi connectivity index (χ0v) is 16.1. The Morgan fingerprint density at radius 3 is 2.89 bits per heavy atom. The normalized spacial score (nSPS) is 16.0. The molecule has 0 saturated carbocycles. The van der Waals surface area contributed by atoms with Crippen molar-refractivity contribution in [2.24, 2.45) is 0 Å². The minimum Gasteiger partial charge on any atom is -0.472 e. The largest absolute Gasteiger partial charge is 0.472 e. The number of furan rings is 1. The highest BCUT2D eigenvalue weighted by Crippen LogP contribution is 2.25. The summed E-state index contributed by atoms with van der Waals surface area (Å²) >= 11 is 0.